The number of nitrogens with two attached hydrogens (primary N) is 2. The summed E-state index contributed by atoms with van der Waals surface area (Å²) < 4.78 is 0. The molecule has 0 aromatic heterocycles. The molecule has 0 heterocycles. The summed E-state index contributed by atoms with van der Waals surface area (Å²) in [5, 5.41) is 2.65. The average Bonchev–Trinajstić information content (AvgIpc) is 2.28. The molecule has 2 amide bonds. The van der Waals surface area contributed by atoms with Gasteiger partial charge in [0.05, 0.1) is 17.2 Å². The van der Waals surface area contributed by atoms with Crippen molar-refractivity contribution in [1.29, 1.82) is 0 Å². The molecule has 100 valence electrons. The summed E-state index contributed by atoms with van der Waals surface area (Å²) in [5.74, 6) is -1.14. The first-order valence-electron chi connectivity index (χ1n) is 5.38. The highest BCUT2D eigenvalue weighted by Crippen LogP contribution is 2.15. The lowest BCUT2D eigenvalue weighted by Crippen LogP contribution is -2.34. The van der Waals surface area contributed by atoms with Crippen molar-refractivity contribution >= 4 is 29.9 Å². The maximum Gasteiger partial charge on any atom is 0.250 e. The molecule has 5 nitrogen and oxygen atoms in total. The van der Waals surface area contributed by atoms with Gasteiger partial charge in [0.15, 0.2) is 0 Å². The number of nitrogens with one attached hydrogen (secondary N) is 1. The first-order chi connectivity index (χ1) is 7.93. The first kappa shape index (κ1) is 16.4. The van der Waals surface area contributed by atoms with E-state index in [1.165, 1.54) is 0 Å². The molecule has 0 fully saturated rings. The smallest absolute Gasteiger partial charge is 0.250 e. The van der Waals surface area contributed by atoms with Crippen molar-refractivity contribution in [3.8, 4) is 0 Å². The second-order valence-electron chi connectivity index (χ2n) is 4.05. The van der Waals surface area contributed by atoms with Crippen molar-refractivity contribution in [2.45, 2.75) is 19.9 Å². The Hall–Kier alpha value is -1.59. The van der Waals surface area contributed by atoms with Gasteiger partial charge in [-0.2, -0.15) is 0 Å². The number of carbonyl (C=O) groups excluding carboxylic acids is 2. The fraction of sp³-hybridized carbons (Fsp3) is 0.333. The van der Waals surface area contributed by atoms with Crippen molar-refractivity contribution in [2.24, 2.45) is 17.4 Å². The van der Waals surface area contributed by atoms with Crippen LogP contribution in [0.2, 0.25) is 0 Å². The SMILES string of the molecule is CC(N)C(C)C(=O)Nc1ccccc1C(N)=O.Cl. The molecular formula is C12H18ClN3O2. The van der Waals surface area contributed by atoms with Crippen molar-refractivity contribution in [1.82, 2.24) is 0 Å². The van der Waals surface area contributed by atoms with Gasteiger partial charge in [-0.05, 0) is 19.1 Å². The third kappa shape index (κ3) is 4.01. The van der Waals surface area contributed by atoms with Crippen molar-refractivity contribution in [3.63, 3.8) is 0 Å². The number of para-hydroxylation sites is 1. The Morgan fingerprint density at radius 2 is 1.78 bits per heavy atom. The first-order valence-corrected chi connectivity index (χ1v) is 5.38. The highest BCUT2D eigenvalue weighted by Gasteiger charge is 2.18. The summed E-state index contributed by atoms with van der Waals surface area (Å²) in [6.45, 7) is 3.48. The van der Waals surface area contributed by atoms with Gasteiger partial charge in [0.2, 0.25) is 5.91 Å². The average molecular weight is 272 g/mol. The third-order valence-electron chi connectivity index (χ3n) is 2.65. The molecule has 18 heavy (non-hydrogen) atoms. The summed E-state index contributed by atoms with van der Waals surface area (Å²) >= 11 is 0. The summed E-state index contributed by atoms with van der Waals surface area (Å²) in [6, 6.07) is 6.35. The molecule has 2 atom stereocenters. The molecular weight excluding hydrogens is 254 g/mol. The van der Waals surface area contributed by atoms with Gasteiger partial charge in [0, 0.05) is 6.04 Å². The van der Waals surface area contributed by atoms with Crippen LogP contribution in [-0.4, -0.2) is 17.9 Å². The monoisotopic (exact) mass is 271 g/mol. The van der Waals surface area contributed by atoms with Gasteiger partial charge in [-0.25, -0.2) is 0 Å². The number of anilines is 1. The second-order valence-corrected chi connectivity index (χ2v) is 4.05. The standard InChI is InChI=1S/C12H17N3O2.ClH/c1-7(8(2)13)12(17)15-10-6-4-3-5-9(10)11(14)16;/h3-8H,13H2,1-2H3,(H2,14,16)(H,15,17);1H. The van der Waals surface area contributed by atoms with Crippen LogP contribution in [0.15, 0.2) is 24.3 Å². The predicted octanol–water partition coefficient (Wildman–Crippen LogP) is 1.13. The highest BCUT2D eigenvalue weighted by molar-refractivity contribution is 6.03. The Kier molecular flexibility index (Phi) is 6.36. The molecule has 0 radical (unpaired) electrons. The van der Waals surface area contributed by atoms with Crippen LogP contribution in [0.3, 0.4) is 0 Å². The van der Waals surface area contributed by atoms with Crippen molar-refractivity contribution in [3.05, 3.63) is 29.8 Å². The molecule has 1 aromatic carbocycles. The van der Waals surface area contributed by atoms with Crippen LogP contribution < -0.4 is 16.8 Å². The van der Waals surface area contributed by atoms with Crippen LogP contribution in [0.4, 0.5) is 5.69 Å². The molecule has 1 aromatic rings. The van der Waals surface area contributed by atoms with E-state index in [1.807, 2.05) is 0 Å². The van der Waals surface area contributed by atoms with Gasteiger partial charge in [0.1, 0.15) is 0 Å². The summed E-state index contributed by atoms with van der Waals surface area (Å²) in [4.78, 5) is 22.9. The van der Waals surface area contributed by atoms with Crippen LogP contribution in [-0.2, 0) is 4.79 Å². The number of amides is 2. The zero-order valence-electron chi connectivity index (χ0n) is 10.3. The number of primary amides is 1. The van der Waals surface area contributed by atoms with Gasteiger partial charge in [-0.3, -0.25) is 9.59 Å². The van der Waals surface area contributed by atoms with Crippen molar-refractivity contribution in [2.75, 3.05) is 5.32 Å². The Balaban J connectivity index is 0.00000289. The number of carbonyl (C=O) groups is 2. The topological polar surface area (TPSA) is 98.2 Å². The zero-order valence-corrected chi connectivity index (χ0v) is 11.2. The van der Waals surface area contributed by atoms with E-state index in [2.05, 4.69) is 5.32 Å². The van der Waals surface area contributed by atoms with Crippen LogP contribution in [0, 0.1) is 5.92 Å². The van der Waals surface area contributed by atoms with Crippen LogP contribution in [0.25, 0.3) is 0 Å². The minimum absolute atomic E-state index is 0. The summed E-state index contributed by atoms with van der Waals surface area (Å²) in [7, 11) is 0. The lowest BCUT2D eigenvalue weighted by Gasteiger charge is -2.16. The fourth-order valence-electron chi connectivity index (χ4n) is 1.29. The molecule has 0 saturated carbocycles. The summed E-state index contributed by atoms with van der Waals surface area (Å²) in [5.41, 5.74) is 11.6. The zero-order chi connectivity index (χ0) is 13.0. The van der Waals surface area contributed by atoms with Crippen LogP contribution in [0.1, 0.15) is 24.2 Å². The molecule has 0 aliphatic rings. The Labute approximate surface area is 112 Å². The minimum atomic E-state index is -0.575. The molecule has 0 spiro atoms. The van der Waals surface area contributed by atoms with E-state index in [0.717, 1.165) is 0 Å². The number of halogens is 1. The fourth-order valence-corrected chi connectivity index (χ4v) is 1.29. The maximum absolute atomic E-state index is 11.8. The lowest BCUT2D eigenvalue weighted by molar-refractivity contribution is -0.119. The largest absolute Gasteiger partial charge is 0.366 e. The minimum Gasteiger partial charge on any atom is -0.366 e. The molecule has 1 rings (SSSR count). The summed E-state index contributed by atoms with van der Waals surface area (Å²) in [6.07, 6.45) is 0. The second kappa shape index (κ2) is 6.98. The third-order valence-corrected chi connectivity index (χ3v) is 2.65. The van der Waals surface area contributed by atoms with E-state index in [-0.39, 0.29) is 35.8 Å². The number of benzene rings is 1. The van der Waals surface area contributed by atoms with E-state index >= 15 is 0 Å². The Morgan fingerprint density at radius 1 is 1.22 bits per heavy atom. The predicted molar refractivity (Wildman–Crippen MR) is 73.7 cm³/mol. The van der Waals surface area contributed by atoms with E-state index < -0.39 is 5.91 Å². The highest BCUT2D eigenvalue weighted by atomic mass is 35.5. The van der Waals surface area contributed by atoms with Crippen LogP contribution >= 0.6 is 12.4 Å². The molecule has 0 aliphatic carbocycles. The number of hydrogen-bond acceptors (Lipinski definition) is 3. The van der Waals surface area contributed by atoms with Gasteiger partial charge < -0.3 is 16.8 Å². The van der Waals surface area contributed by atoms with Gasteiger partial charge in [0.25, 0.3) is 5.91 Å². The maximum atomic E-state index is 11.8. The molecule has 5 N–H and O–H groups in total. The van der Waals surface area contributed by atoms with Crippen molar-refractivity contribution < 1.29 is 9.59 Å². The molecule has 0 aliphatic heterocycles. The lowest BCUT2D eigenvalue weighted by atomic mass is 10.0. The molecule has 0 bridgehead atoms. The van der Waals surface area contributed by atoms with E-state index in [9.17, 15) is 9.59 Å². The van der Waals surface area contributed by atoms with E-state index in [4.69, 9.17) is 11.5 Å². The van der Waals surface area contributed by atoms with Gasteiger partial charge in [-0.1, -0.05) is 19.1 Å². The Bertz CT molecular complexity index is 435. The normalized spacial score (nSPS) is 13.1. The van der Waals surface area contributed by atoms with E-state index in [1.54, 1.807) is 38.1 Å². The number of rotatable bonds is 4. The Morgan fingerprint density at radius 3 is 2.28 bits per heavy atom. The van der Waals surface area contributed by atoms with Gasteiger partial charge >= 0.3 is 0 Å². The van der Waals surface area contributed by atoms with Crippen LogP contribution in [0.5, 0.6) is 0 Å². The van der Waals surface area contributed by atoms with Gasteiger partial charge in [-0.15, -0.1) is 12.4 Å². The quantitative estimate of drug-likeness (QED) is 0.765. The molecule has 2 unspecified atom stereocenters. The van der Waals surface area contributed by atoms with E-state index in [0.29, 0.717) is 5.69 Å². The molecule has 0 saturated heterocycles. The molecule has 6 heteroatoms. The number of hydrogen-bond donors (Lipinski definition) is 3.